The number of carbonyl (C=O) groups is 1. The molecule has 0 spiro atoms. The Bertz CT molecular complexity index is 620. The molecule has 3 rings (SSSR count). The van der Waals surface area contributed by atoms with E-state index in [0.717, 1.165) is 31.4 Å². The summed E-state index contributed by atoms with van der Waals surface area (Å²) in [5, 5.41) is 0.524. The highest BCUT2D eigenvalue weighted by atomic mass is 32.2. The second kappa shape index (κ2) is 5.75. The second-order valence-electron chi connectivity index (χ2n) is 4.94. The number of nitrogen functional groups attached to an aromatic ring is 1. The van der Waals surface area contributed by atoms with E-state index in [1.807, 2.05) is 4.90 Å². The van der Waals surface area contributed by atoms with E-state index in [1.165, 1.54) is 18.2 Å². The zero-order valence-electron chi connectivity index (χ0n) is 11.2. The summed E-state index contributed by atoms with van der Waals surface area (Å²) in [5.74, 6) is 0.541. The van der Waals surface area contributed by atoms with Crippen molar-refractivity contribution in [3.63, 3.8) is 0 Å². The Labute approximate surface area is 121 Å². The van der Waals surface area contributed by atoms with E-state index in [0.29, 0.717) is 22.2 Å². The van der Waals surface area contributed by atoms with Crippen molar-refractivity contribution in [2.24, 2.45) is 0 Å². The maximum absolute atomic E-state index is 12.1. The summed E-state index contributed by atoms with van der Waals surface area (Å²) >= 11 is 1.34. The van der Waals surface area contributed by atoms with Crippen LogP contribution in [0.1, 0.15) is 19.3 Å². The number of carbonyl (C=O) groups excluding carboxylic acids is 1. The second-order valence-corrected chi connectivity index (χ2v) is 5.86. The third kappa shape index (κ3) is 2.90. The fourth-order valence-corrected chi connectivity index (χ4v) is 3.08. The van der Waals surface area contributed by atoms with Crippen molar-refractivity contribution in [2.75, 3.05) is 24.6 Å². The topological polar surface area (TPSA) is 72.4 Å². The van der Waals surface area contributed by atoms with Gasteiger partial charge in [0.25, 0.3) is 5.22 Å². The third-order valence-electron chi connectivity index (χ3n) is 3.42. The average molecular weight is 291 g/mol. The molecule has 1 saturated heterocycles. The minimum Gasteiger partial charge on any atom is -0.431 e. The van der Waals surface area contributed by atoms with Crippen LogP contribution in [0.4, 0.5) is 5.69 Å². The molecule has 6 heteroatoms. The number of benzene rings is 1. The molecule has 2 N–H and O–H groups in total. The van der Waals surface area contributed by atoms with Crippen molar-refractivity contribution < 1.29 is 9.21 Å². The SMILES string of the molecule is Nc1ccc2oc(SCC(=O)N3CCCCC3)nc2c1. The Morgan fingerprint density at radius 2 is 2.15 bits per heavy atom. The molecule has 1 fully saturated rings. The lowest BCUT2D eigenvalue weighted by Crippen LogP contribution is -2.36. The van der Waals surface area contributed by atoms with Crippen LogP contribution in [0.25, 0.3) is 11.1 Å². The van der Waals surface area contributed by atoms with Crippen LogP contribution in [-0.4, -0.2) is 34.6 Å². The summed E-state index contributed by atoms with van der Waals surface area (Å²) < 4.78 is 5.59. The molecular weight excluding hydrogens is 274 g/mol. The van der Waals surface area contributed by atoms with Crippen LogP contribution in [-0.2, 0) is 4.79 Å². The van der Waals surface area contributed by atoms with E-state index < -0.39 is 0 Å². The lowest BCUT2D eigenvalue weighted by atomic mass is 10.1. The number of hydrogen-bond acceptors (Lipinski definition) is 5. The maximum atomic E-state index is 12.1. The Balaban J connectivity index is 1.63. The van der Waals surface area contributed by atoms with E-state index in [4.69, 9.17) is 10.2 Å². The number of oxazole rings is 1. The molecular formula is C14H17N3O2S. The van der Waals surface area contributed by atoms with E-state index >= 15 is 0 Å². The molecule has 106 valence electrons. The van der Waals surface area contributed by atoms with Gasteiger partial charge in [0.15, 0.2) is 5.58 Å². The highest BCUT2D eigenvalue weighted by Crippen LogP contribution is 2.25. The van der Waals surface area contributed by atoms with E-state index in [1.54, 1.807) is 18.2 Å². The van der Waals surface area contributed by atoms with Crippen LogP contribution in [0.5, 0.6) is 0 Å². The lowest BCUT2D eigenvalue weighted by Gasteiger charge is -2.26. The number of likely N-dealkylation sites (tertiary alicyclic amines) is 1. The van der Waals surface area contributed by atoms with Crippen molar-refractivity contribution in [1.29, 1.82) is 0 Å². The molecule has 0 radical (unpaired) electrons. The smallest absolute Gasteiger partial charge is 0.257 e. The minimum atomic E-state index is 0.163. The molecule has 1 aromatic heterocycles. The van der Waals surface area contributed by atoms with Gasteiger partial charge in [0, 0.05) is 18.8 Å². The number of amides is 1. The Kier molecular flexibility index (Phi) is 3.82. The van der Waals surface area contributed by atoms with Gasteiger partial charge in [-0.15, -0.1) is 0 Å². The van der Waals surface area contributed by atoms with Crippen LogP contribution in [0.3, 0.4) is 0 Å². The third-order valence-corrected chi connectivity index (χ3v) is 4.23. The Morgan fingerprint density at radius 1 is 1.35 bits per heavy atom. The van der Waals surface area contributed by atoms with Gasteiger partial charge in [-0.3, -0.25) is 4.79 Å². The predicted octanol–water partition coefficient (Wildman–Crippen LogP) is 2.51. The highest BCUT2D eigenvalue weighted by Gasteiger charge is 2.17. The zero-order chi connectivity index (χ0) is 13.9. The quantitative estimate of drug-likeness (QED) is 0.695. The fourth-order valence-electron chi connectivity index (χ4n) is 2.34. The molecule has 2 aromatic rings. The van der Waals surface area contributed by atoms with Gasteiger partial charge in [-0.1, -0.05) is 11.8 Å². The summed E-state index contributed by atoms with van der Waals surface area (Å²) in [6.07, 6.45) is 3.45. The Morgan fingerprint density at radius 3 is 2.95 bits per heavy atom. The Hall–Kier alpha value is -1.69. The number of hydrogen-bond donors (Lipinski definition) is 1. The molecule has 1 aliphatic rings. The summed E-state index contributed by atoms with van der Waals surface area (Å²) in [4.78, 5) is 18.3. The van der Waals surface area contributed by atoms with E-state index in [-0.39, 0.29) is 5.91 Å². The summed E-state index contributed by atoms with van der Waals surface area (Å²) in [6, 6.07) is 5.35. The van der Waals surface area contributed by atoms with Crippen molar-refractivity contribution in [1.82, 2.24) is 9.88 Å². The molecule has 0 unspecified atom stereocenters. The molecule has 1 aromatic carbocycles. The average Bonchev–Trinajstić information content (AvgIpc) is 2.87. The van der Waals surface area contributed by atoms with Gasteiger partial charge in [0.05, 0.1) is 5.75 Å². The van der Waals surface area contributed by atoms with Crippen molar-refractivity contribution >= 4 is 34.5 Å². The molecule has 1 aliphatic heterocycles. The molecule has 20 heavy (non-hydrogen) atoms. The van der Waals surface area contributed by atoms with Crippen LogP contribution >= 0.6 is 11.8 Å². The van der Waals surface area contributed by atoms with Gasteiger partial charge in [0.2, 0.25) is 5.91 Å². The number of fused-ring (bicyclic) bond motifs is 1. The molecule has 5 nitrogen and oxygen atoms in total. The molecule has 0 atom stereocenters. The number of nitrogens with two attached hydrogens (primary N) is 1. The van der Waals surface area contributed by atoms with Gasteiger partial charge >= 0.3 is 0 Å². The number of nitrogens with zero attached hydrogens (tertiary/aromatic N) is 2. The van der Waals surface area contributed by atoms with Crippen LogP contribution < -0.4 is 5.73 Å². The lowest BCUT2D eigenvalue weighted by molar-refractivity contribution is -0.129. The van der Waals surface area contributed by atoms with Crippen LogP contribution in [0.15, 0.2) is 27.8 Å². The predicted molar refractivity (Wildman–Crippen MR) is 79.6 cm³/mol. The first-order valence-electron chi connectivity index (χ1n) is 6.79. The summed E-state index contributed by atoms with van der Waals surface area (Å²) in [5.41, 5.74) is 7.80. The molecule has 0 bridgehead atoms. The number of aromatic nitrogens is 1. The molecule has 0 saturated carbocycles. The zero-order valence-corrected chi connectivity index (χ0v) is 12.0. The summed E-state index contributed by atoms with van der Waals surface area (Å²) in [6.45, 7) is 1.76. The number of thioether (sulfide) groups is 1. The molecule has 2 heterocycles. The van der Waals surface area contributed by atoms with E-state index in [2.05, 4.69) is 4.98 Å². The largest absolute Gasteiger partial charge is 0.431 e. The first-order chi connectivity index (χ1) is 9.72. The summed E-state index contributed by atoms with van der Waals surface area (Å²) in [7, 11) is 0. The molecule has 1 amide bonds. The fraction of sp³-hybridized carbons (Fsp3) is 0.429. The molecule has 0 aliphatic carbocycles. The maximum Gasteiger partial charge on any atom is 0.257 e. The highest BCUT2D eigenvalue weighted by molar-refractivity contribution is 7.99. The number of anilines is 1. The van der Waals surface area contributed by atoms with Crippen molar-refractivity contribution in [3.8, 4) is 0 Å². The van der Waals surface area contributed by atoms with Crippen LogP contribution in [0, 0.1) is 0 Å². The normalized spacial score (nSPS) is 15.7. The van der Waals surface area contributed by atoms with Crippen molar-refractivity contribution in [2.45, 2.75) is 24.5 Å². The monoisotopic (exact) mass is 291 g/mol. The van der Waals surface area contributed by atoms with Crippen molar-refractivity contribution in [3.05, 3.63) is 18.2 Å². The standard InChI is InChI=1S/C14H17N3O2S/c15-10-4-5-12-11(8-10)16-14(19-12)20-9-13(18)17-6-2-1-3-7-17/h4-5,8H,1-3,6-7,9,15H2. The number of rotatable bonds is 3. The number of piperidine rings is 1. The van der Waals surface area contributed by atoms with Gasteiger partial charge in [0.1, 0.15) is 5.52 Å². The van der Waals surface area contributed by atoms with Gasteiger partial charge in [-0.2, -0.15) is 0 Å². The first-order valence-corrected chi connectivity index (χ1v) is 7.77. The van der Waals surface area contributed by atoms with E-state index in [9.17, 15) is 4.79 Å². The minimum absolute atomic E-state index is 0.163. The first kappa shape index (κ1) is 13.3. The van der Waals surface area contributed by atoms with Crippen LogP contribution in [0.2, 0.25) is 0 Å². The van der Waals surface area contributed by atoms with Gasteiger partial charge in [-0.05, 0) is 37.5 Å². The van der Waals surface area contributed by atoms with Gasteiger partial charge < -0.3 is 15.1 Å². The van der Waals surface area contributed by atoms with Gasteiger partial charge in [-0.25, -0.2) is 4.98 Å².